The Morgan fingerprint density at radius 1 is 1.05 bits per heavy atom. The smallest absolute Gasteiger partial charge is 0.350 e. The van der Waals surface area contributed by atoms with Crippen LogP contribution in [-0.4, -0.2) is 111 Å². The van der Waals surface area contributed by atoms with Crippen molar-refractivity contribution in [3.63, 3.8) is 0 Å². The maximum atomic E-state index is 12.7. The largest absolute Gasteiger partial charge is 0.778 e. The van der Waals surface area contributed by atoms with Crippen molar-refractivity contribution in [3.8, 4) is 35.5 Å². The highest BCUT2D eigenvalue weighted by Gasteiger charge is 2.26. The standard InChI is InChI=1S/C15H13Cl2N3O2.C14H13Cl2N5O4S.C3H8NO5P.C3H9S/c1-2-7-22-13-9-12(10(16)8-11(13)17)20-15(21)19-6-4-3-5-14(19)18-20;1-7-4-5-8(15)12(11(7)16)20-26(22,23)14-18-13-17-9(24-2)6-10(25-3)21(13)19-14;5-3(6)1-4-2-10(7,8)9;1-4(2)3/h1,8-9H,3-7H2;4-6,20H,1-3H3;4H,1-2H2,(H,5,6)(H2,7,8,9);1-3H3/q;;;+1/p-1. The second-order valence-electron chi connectivity index (χ2n) is 12.9. The number of anilines is 1. The van der Waals surface area contributed by atoms with Gasteiger partial charge in [-0.1, -0.05) is 58.4 Å². The number of hydrogen-bond acceptors (Lipinski definition) is 14. The first-order valence-corrected chi connectivity index (χ1v) is 24.8. The van der Waals surface area contributed by atoms with Crippen LogP contribution in [0.25, 0.3) is 11.5 Å². The molecule has 1 unspecified atom stereocenters. The summed E-state index contributed by atoms with van der Waals surface area (Å²) in [6.07, 6.45) is 13.8. The lowest BCUT2D eigenvalue weighted by molar-refractivity contribution is -0.193. The van der Waals surface area contributed by atoms with Crippen molar-refractivity contribution in [1.29, 1.82) is 0 Å². The van der Waals surface area contributed by atoms with Crippen LogP contribution in [-0.2, 0) is 43.2 Å². The molecule has 6 rings (SSSR count). The number of methoxy groups -OCH3 is 2. The van der Waals surface area contributed by atoms with Gasteiger partial charge in [0, 0.05) is 19.0 Å². The van der Waals surface area contributed by atoms with Gasteiger partial charge in [0.05, 0.1) is 83.3 Å². The van der Waals surface area contributed by atoms with E-state index < -0.39 is 41.6 Å². The van der Waals surface area contributed by atoms with Gasteiger partial charge in [0.2, 0.25) is 11.8 Å². The first-order chi connectivity index (χ1) is 29.0. The highest BCUT2D eigenvalue weighted by atomic mass is 35.5. The number of carboxylic acids is 1. The van der Waals surface area contributed by atoms with E-state index in [9.17, 15) is 27.5 Å². The van der Waals surface area contributed by atoms with Gasteiger partial charge in [-0.15, -0.1) is 16.6 Å². The third-order valence-electron chi connectivity index (χ3n) is 7.52. The predicted octanol–water partition coefficient (Wildman–Crippen LogP) is 3.90. The zero-order valence-corrected chi connectivity index (χ0v) is 39.4. The molecule has 1 atom stereocenters. The Hall–Kier alpha value is -4.27. The van der Waals surface area contributed by atoms with Gasteiger partial charge < -0.3 is 33.7 Å². The van der Waals surface area contributed by atoms with Crippen molar-refractivity contribution < 1.29 is 46.9 Å². The van der Waals surface area contributed by atoms with Crippen LogP contribution in [0.15, 0.2) is 40.3 Å². The van der Waals surface area contributed by atoms with Gasteiger partial charge in [-0.2, -0.15) is 27.6 Å². The molecular weight excluding hydrogens is 959 g/mol. The Kier molecular flexibility index (Phi) is 19.7. The fourth-order valence-corrected chi connectivity index (χ4v) is 7.32. The second kappa shape index (κ2) is 23.4. The maximum absolute atomic E-state index is 12.7. The Balaban J connectivity index is 0.000000256. The van der Waals surface area contributed by atoms with Crippen molar-refractivity contribution in [1.82, 2.24) is 39.2 Å². The summed E-state index contributed by atoms with van der Waals surface area (Å²) in [5, 5.41) is 18.8. The van der Waals surface area contributed by atoms with E-state index in [-0.39, 0.29) is 45.6 Å². The molecule has 4 N–H and O–H groups in total. The molecule has 1 aliphatic rings. The fraction of sp³-hybridized carbons (Fsp3) is 0.371. The molecule has 0 aliphatic carbocycles. The number of carbonyl (C=O) groups is 1. The minimum atomic E-state index is -4.35. The lowest BCUT2D eigenvalue weighted by atomic mass is 10.2. The number of aliphatic carboxylic acids is 1. The van der Waals surface area contributed by atoms with Crippen LogP contribution in [0.4, 0.5) is 5.69 Å². The van der Waals surface area contributed by atoms with Gasteiger partial charge in [-0.3, -0.25) is 19.4 Å². The SMILES string of the molecule is C#CCOc1cc(-n2nc3n(c2=O)CCCC3)c(Cl)cc1Cl.COc1cc(OC)n2nc(S(=O)(=O)Nc3c(Cl)ccc(C)c3Cl)nc2n1.C[S+](C)C.O=C(O)CNCP(=O)([O-])O. The summed E-state index contributed by atoms with van der Waals surface area (Å²) in [6, 6.07) is 7.76. The summed E-state index contributed by atoms with van der Waals surface area (Å²) in [4.78, 5) is 48.2. The van der Waals surface area contributed by atoms with Crippen LogP contribution in [0.3, 0.4) is 0 Å². The minimum Gasteiger partial charge on any atom is -0.778 e. The van der Waals surface area contributed by atoms with Gasteiger partial charge in [-0.05, 0) is 48.4 Å². The van der Waals surface area contributed by atoms with Crippen molar-refractivity contribution in [3.05, 3.63) is 72.3 Å². The molecule has 1 aliphatic heterocycles. The number of nitrogens with zero attached hydrogens (tertiary/aromatic N) is 7. The van der Waals surface area contributed by atoms with Gasteiger partial charge in [0.15, 0.2) is 0 Å². The molecule has 338 valence electrons. The summed E-state index contributed by atoms with van der Waals surface area (Å²) >= 11 is 24.5. The van der Waals surface area contributed by atoms with Gasteiger partial charge in [0.25, 0.3) is 21.0 Å². The van der Waals surface area contributed by atoms with Crippen LogP contribution in [0, 0.1) is 19.3 Å². The predicted molar refractivity (Wildman–Crippen MR) is 236 cm³/mol. The maximum Gasteiger partial charge on any atom is 0.350 e. The Labute approximate surface area is 379 Å². The molecule has 0 amide bonds. The number of nitrogens with one attached hydrogen (secondary N) is 2. The number of terminal acetylenes is 1. The molecule has 0 spiro atoms. The van der Waals surface area contributed by atoms with Gasteiger partial charge >= 0.3 is 11.7 Å². The number of sulfonamides is 1. The molecular formula is C35H42Cl4N9O11PS2. The minimum absolute atomic E-state index is 0.0111. The highest BCUT2D eigenvalue weighted by molar-refractivity contribution is 7.94. The number of aromatic nitrogens is 7. The molecule has 0 bridgehead atoms. The number of rotatable bonds is 12. The van der Waals surface area contributed by atoms with Gasteiger partial charge in [0.1, 0.15) is 25.8 Å². The third kappa shape index (κ3) is 14.9. The van der Waals surface area contributed by atoms with E-state index in [4.69, 9.17) is 77.0 Å². The number of ether oxygens (including phenoxy) is 3. The molecule has 27 heteroatoms. The average molecular weight is 1000 g/mol. The summed E-state index contributed by atoms with van der Waals surface area (Å²) in [5.74, 6) is 2.73. The highest BCUT2D eigenvalue weighted by Crippen LogP contribution is 2.35. The Bertz CT molecular complexity index is 2630. The molecule has 2 aromatic carbocycles. The lowest BCUT2D eigenvalue weighted by Crippen LogP contribution is -2.26. The molecule has 0 fully saturated rings. The lowest BCUT2D eigenvalue weighted by Gasteiger charge is -2.14. The average Bonchev–Trinajstić information content (AvgIpc) is 3.79. The van der Waals surface area contributed by atoms with E-state index in [1.165, 1.54) is 37.1 Å². The van der Waals surface area contributed by atoms with E-state index in [0.29, 0.717) is 44.5 Å². The molecule has 0 radical (unpaired) electrons. The van der Waals surface area contributed by atoms with Crippen molar-refractivity contribution in [2.45, 2.75) is 37.9 Å². The van der Waals surface area contributed by atoms with E-state index in [0.717, 1.165) is 29.6 Å². The molecule has 5 aromatic rings. The van der Waals surface area contributed by atoms with E-state index in [2.05, 4.69) is 49.6 Å². The number of benzene rings is 2. The number of fused-ring (bicyclic) bond motifs is 2. The Morgan fingerprint density at radius 2 is 1.73 bits per heavy atom. The van der Waals surface area contributed by atoms with Crippen LogP contribution in [0.1, 0.15) is 24.2 Å². The van der Waals surface area contributed by atoms with Crippen LogP contribution >= 0.6 is 54.0 Å². The molecule has 20 nitrogen and oxygen atoms in total. The molecule has 0 saturated carbocycles. The zero-order chi connectivity index (χ0) is 46.5. The number of aryl methyl sites for hydroxylation is 2. The summed E-state index contributed by atoms with van der Waals surface area (Å²) in [6.45, 7) is 2.00. The van der Waals surface area contributed by atoms with E-state index >= 15 is 0 Å². The summed E-state index contributed by atoms with van der Waals surface area (Å²) < 4.78 is 57.3. The Morgan fingerprint density at radius 3 is 2.31 bits per heavy atom. The molecule has 3 aromatic heterocycles. The van der Waals surface area contributed by atoms with Crippen molar-refractivity contribution in [2.24, 2.45) is 0 Å². The van der Waals surface area contributed by atoms with Crippen LogP contribution in [0.2, 0.25) is 20.1 Å². The monoisotopic (exact) mass is 999 g/mol. The van der Waals surface area contributed by atoms with Crippen molar-refractivity contribution in [2.75, 3.05) is 57.1 Å². The van der Waals surface area contributed by atoms with Crippen LogP contribution in [0.5, 0.6) is 17.5 Å². The van der Waals surface area contributed by atoms with E-state index in [1.54, 1.807) is 23.6 Å². The molecule has 0 saturated heterocycles. The summed E-state index contributed by atoms with van der Waals surface area (Å²) in [7, 11) is -5.08. The third-order valence-corrected chi connectivity index (χ3v) is 10.7. The number of halogens is 4. The van der Waals surface area contributed by atoms with Crippen LogP contribution < -0.4 is 34.8 Å². The normalized spacial score (nSPS) is 12.8. The first kappa shape index (κ1) is 52.1. The number of carboxylic acid groups (broad SMARTS) is 1. The second-order valence-corrected chi connectivity index (χ2v) is 20.1. The summed E-state index contributed by atoms with van der Waals surface area (Å²) in [5.41, 5.74) is 0.932. The van der Waals surface area contributed by atoms with Gasteiger partial charge in [-0.25, -0.2) is 4.79 Å². The van der Waals surface area contributed by atoms with Crippen molar-refractivity contribution >= 4 is 92.4 Å². The quantitative estimate of drug-likeness (QED) is 0.0784. The molecule has 62 heavy (non-hydrogen) atoms. The number of hydrogen-bond donors (Lipinski definition) is 4. The van der Waals surface area contributed by atoms with E-state index in [1.807, 2.05) is 5.32 Å². The fourth-order valence-electron chi connectivity index (χ4n) is 4.87. The topological polar surface area (TPSA) is 266 Å². The molecule has 4 heterocycles. The zero-order valence-electron chi connectivity index (χ0n) is 33.9. The first-order valence-electron chi connectivity index (χ1n) is 17.6.